The number of nitrogens with zero attached hydrogens (tertiary/aromatic N) is 1. The number of likely N-dealkylation sites (tertiary alicyclic amines) is 1. The Hall–Kier alpha value is -1.55. The van der Waals surface area contributed by atoms with Crippen LogP contribution in [0, 0.1) is 5.92 Å². The Kier molecular flexibility index (Phi) is 5.01. The van der Waals surface area contributed by atoms with E-state index in [2.05, 4.69) is 12.1 Å². The van der Waals surface area contributed by atoms with Crippen molar-refractivity contribution in [2.45, 2.75) is 25.7 Å². The Morgan fingerprint density at radius 2 is 2.15 bits per heavy atom. The maximum absolute atomic E-state index is 12.1. The molecule has 0 radical (unpaired) electrons. The van der Waals surface area contributed by atoms with Crippen molar-refractivity contribution in [3.63, 3.8) is 0 Å². The van der Waals surface area contributed by atoms with E-state index in [4.69, 9.17) is 10.5 Å². The van der Waals surface area contributed by atoms with E-state index in [1.54, 1.807) is 7.11 Å². The molecule has 110 valence electrons. The lowest BCUT2D eigenvalue weighted by molar-refractivity contribution is -0.135. The minimum atomic E-state index is -0.0663. The highest BCUT2D eigenvalue weighted by Gasteiger charge is 2.26. The van der Waals surface area contributed by atoms with Crippen molar-refractivity contribution in [3.8, 4) is 5.75 Å². The van der Waals surface area contributed by atoms with Crippen molar-refractivity contribution in [1.82, 2.24) is 4.90 Å². The highest BCUT2D eigenvalue weighted by molar-refractivity contribution is 5.78. The summed E-state index contributed by atoms with van der Waals surface area (Å²) in [5.41, 5.74) is 6.88. The number of carbonyl (C=O) groups is 1. The highest BCUT2D eigenvalue weighted by atomic mass is 16.5. The van der Waals surface area contributed by atoms with Gasteiger partial charge in [-0.2, -0.15) is 0 Å². The van der Waals surface area contributed by atoms with Crippen LogP contribution in [0.4, 0.5) is 0 Å². The molecule has 4 heteroatoms. The summed E-state index contributed by atoms with van der Waals surface area (Å²) in [5.74, 6) is 1.54. The first-order valence-corrected chi connectivity index (χ1v) is 7.28. The molecule has 1 aromatic rings. The van der Waals surface area contributed by atoms with Crippen LogP contribution in [0.1, 0.15) is 31.2 Å². The number of ether oxygens (including phenoxy) is 1. The van der Waals surface area contributed by atoms with Crippen molar-refractivity contribution < 1.29 is 9.53 Å². The van der Waals surface area contributed by atoms with Gasteiger partial charge >= 0.3 is 0 Å². The zero-order valence-corrected chi connectivity index (χ0v) is 12.3. The number of hydrogen-bond donors (Lipinski definition) is 1. The third-order valence-electron chi connectivity index (χ3n) is 4.15. The lowest BCUT2D eigenvalue weighted by Gasteiger charge is -2.33. The van der Waals surface area contributed by atoms with E-state index in [9.17, 15) is 4.79 Å². The molecule has 1 atom stereocenters. The van der Waals surface area contributed by atoms with Gasteiger partial charge in [0.05, 0.1) is 7.11 Å². The molecule has 1 saturated heterocycles. The molecule has 0 spiro atoms. The van der Waals surface area contributed by atoms with Gasteiger partial charge in [0.1, 0.15) is 5.75 Å². The van der Waals surface area contributed by atoms with Crippen LogP contribution < -0.4 is 10.5 Å². The van der Waals surface area contributed by atoms with Gasteiger partial charge in [0.2, 0.25) is 5.91 Å². The van der Waals surface area contributed by atoms with Crippen molar-refractivity contribution in [2.24, 2.45) is 11.7 Å². The monoisotopic (exact) mass is 276 g/mol. The van der Waals surface area contributed by atoms with Gasteiger partial charge < -0.3 is 15.4 Å². The zero-order valence-electron chi connectivity index (χ0n) is 12.3. The number of carbonyl (C=O) groups excluding carboxylic acids is 1. The quantitative estimate of drug-likeness (QED) is 0.915. The van der Waals surface area contributed by atoms with E-state index in [1.807, 2.05) is 24.0 Å². The van der Waals surface area contributed by atoms with Gasteiger partial charge in [-0.1, -0.05) is 19.1 Å². The number of piperidine rings is 1. The minimum absolute atomic E-state index is 0.0663. The predicted molar refractivity (Wildman–Crippen MR) is 79.8 cm³/mol. The SMILES string of the molecule is COc1cccc(C2CCN(C(=O)C(C)CN)CC2)c1. The van der Waals surface area contributed by atoms with Crippen LogP contribution in [0.15, 0.2) is 24.3 Å². The summed E-state index contributed by atoms with van der Waals surface area (Å²) in [7, 11) is 1.69. The van der Waals surface area contributed by atoms with E-state index in [0.717, 1.165) is 31.7 Å². The summed E-state index contributed by atoms with van der Waals surface area (Å²) >= 11 is 0. The Balaban J connectivity index is 1.95. The van der Waals surface area contributed by atoms with E-state index >= 15 is 0 Å². The van der Waals surface area contributed by atoms with Crippen LogP contribution in [-0.2, 0) is 4.79 Å². The summed E-state index contributed by atoms with van der Waals surface area (Å²) < 4.78 is 5.27. The molecule has 2 rings (SSSR count). The lowest BCUT2D eigenvalue weighted by atomic mass is 9.89. The molecular weight excluding hydrogens is 252 g/mol. The Labute approximate surface area is 120 Å². The molecule has 1 aliphatic rings. The summed E-state index contributed by atoms with van der Waals surface area (Å²) in [6.07, 6.45) is 2.02. The molecule has 0 aliphatic carbocycles. The number of hydrogen-bond acceptors (Lipinski definition) is 3. The molecule has 1 amide bonds. The van der Waals surface area contributed by atoms with Crippen molar-refractivity contribution >= 4 is 5.91 Å². The van der Waals surface area contributed by atoms with Crippen molar-refractivity contribution in [1.29, 1.82) is 0 Å². The van der Waals surface area contributed by atoms with Gasteiger partial charge in [-0.05, 0) is 36.5 Å². The maximum atomic E-state index is 12.1. The molecule has 1 aromatic carbocycles. The Morgan fingerprint density at radius 3 is 2.75 bits per heavy atom. The summed E-state index contributed by atoms with van der Waals surface area (Å²) in [6.45, 7) is 3.97. The smallest absolute Gasteiger partial charge is 0.226 e. The van der Waals surface area contributed by atoms with Crippen molar-refractivity contribution in [2.75, 3.05) is 26.7 Å². The van der Waals surface area contributed by atoms with E-state index in [-0.39, 0.29) is 11.8 Å². The van der Waals surface area contributed by atoms with Gasteiger partial charge in [-0.25, -0.2) is 0 Å². The number of rotatable bonds is 4. The third-order valence-corrected chi connectivity index (χ3v) is 4.15. The zero-order chi connectivity index (χ0) is 14.5. The Morgan fingerprint density at radius 1 is 1.45 bits per heavy atom. The molecule has 0 bridgehead atoms. The number of benzene rings is 1. The number of nitrogens with two attached hydrogens (primary N) is 1. The predicted octanol–water partition coefficient (Wildman–Crippen LogP) is 2.00. The van der Waals surface area contributed by atoms with Gasteiger partial charge in [-0.3, -0.25) is 4.79 Å². The first-order chi connectivity index (χ1) is 9.65. The third kappa shape index (κ3) is 3.31. The number of amides is 1. The standard InChI is InChI=1S/C16H24N2O2/c1-12(11-17)16(19)18-8-6-13(7-9-18)14-4-3-5-15(10-14)20-2/h3-5,10,12-13H,6-9,11,17H2,1-2H3. The van der Waals surface area contributed by atoms with Crippen molar-refractivity contribution in [3.05, 3.63) is 29.8 Å². The fourth-order valence-corrected chi connectivity index (χ4v) is 2.74. The molecule has 1 aliphatic heterocycles. The van der Waals surface area contributed by atoms with Crippen LogP contribution >= 0.6 is 0 Å². The fourth-order valence-electron chi connectivity index (χ4n) is 2.74. The van der Waals surface area contributed by atoms with Crippen LogP contribution in [0.25, 0.3) is 0 Å². The molecule has 2 N–H and O–H groups in total. The average Bonchev–Trinajstić information content (AvgIpc) is 2.53. The largest absolute Gasteiger partial charge is 0.497 e. The second kappa shape index (κ2) is 6.75. The molecule has 1 unspecified atom stereocenters. The molecule has 0 aromatic heterocycles. The van der Waals surface area contributed by atoms with E-state index < -0.39 is 0 Å². The van der Waals surface area contributed by atoms with E-state index in [0.29, 0.717) is 12.5 Å². The maximum Gasteiger partial charge on any atom is 0.226 e. The summed E-state index contributed by atoms with van der Waals surface area (Å²) in [6, 6.07) is 8.24. The van der Waals surface area contributed by atoms with E-state index in [1.165, 1.54) is 5.56 Å². The second-order valence-corrected chi connectivity index (χ2v) is 5.51. The first-order valence-electron chi connectivity index (χ1n) is 7.28. The molecular formula is C16H24N2O2. The topological polar surface area (TPSA) is 55.6 Å². The first kappa shape index (κ1) is 14.9. The molecule has 4 nitrogen and oxygen atoms in total. The van der Waals surface area contributed by atoms with Crippen LogP contribution in [-0.4, -0.2) is 37.6 Å². The normalized spacial score (nSPS) is 17.9. The van der Waals surface area contributed by atoms with Gasteiger partial charge in [0.25, 0.3) is 0 Å². The highest BCUT2D eigenvalue weighted by Crippen LogP contribution is 2.30. The molecule has 0 saturated carbocycles. The lowest BCUT2D eigenvalue weighted by Crippen LogP contribution is -2.42. The number of methoxy groups -OCH3 is 1. The fraction of sp³-hybridized carbons (Fsp3) is 0.562. The molecule has 20 heavy (non-hydrogen) atoms. The molecule has 1 heterocycles. The second-order valence-electron chi connectivity index (χ2n) is 5.51. The molecule has 1 fully saturated rings. The van der Waals surface area contributed by atoms with Crippen LogP contribution in [0.2, 0.25) is 0 Å². The van der Waals surface area contributed by atoms with Gasteiger partial charge in [-0.15, -0.1) is 0 Å². The summed E-state index contributed by atoms with van der Waals surface area (Å²) in [5, 5.41) is 0. The van der Waals surface area contributed by atoms with Gasteiger partial charge in [0.15, 0.2) is 0 Å². The average molecular weight is 276 g/mol. The van der Waals surface area contributed by atoms with Gasteiger partial charge in [0, 0.05) is 25.6 Å². The minimum Gasteiger partial charge on any atom is -0.497 e. The van der Waals surface area contributed by atoms with Crippen LogP contribution in [0.5, 0.6) is 5.75 Å². The summed E-state index contributed by atoms with van der Waals surface area (Å²) in [4.78, 5) is 14.1. The Bertz CT molecular complexity index is 454. The van der Waals surface area contributed by atoms with Crippen LogP contribution in [0.3, 0.4) is 0 Å².